The van der Waals surface area contributed by atoms with E-state index in [0.717, 1.165) is 35.6 Å². The fourth-order valence-corrected chi connectivity index (χ4v) is 9.47. The van der Waals surface area contributed by atoms with E-state index in [0.29, 0.717) is 5.92 Å². The summed E-state index contributed by atoms with van der Waals surface area (Å²) in [6, 6.07) is 60.4. The molecule has 0 spiro atoms. The summed E-state index contributed by atoms with van der Waals surface area (Å²) in [5, 5.41) is 5.03. The minimum atomic E-state index is 0.0439. The first-order valence-electron chi connectivity index (χ1n) is 22.8. The summed E-state index contributed by atoms with van der Waals surface area (Å²) in [5.41, 5.74) is 17.7. The van der Waals surface area contributed by atoms with Gasteiger partial charge in [-0.2, -0.15) is 0 Å². The maximum atomic E-state index is 2.55. The maximum absolute atomic E-state index is 2.55. The Hall–Kier alpha value is -6.12. The van der Waals surface area contributed by atoms with Gasteiger partial charge in [-0.25, -0.2) is 0 Å². The zero-order valence-electron chi connectivity index (χ0n) is 37.2. The van der Waals surface area contributed by atoms with Crippen LogP contribution < -0.4 is 9.80 Å². The van der Waals surface area contributed by atoms with Crippen LogP contribution in [0.5, 0.6) is 0 Å². The van der Waals surface area contributed by atoms with E-state index < -0.39 is 0 Å². The van der Waals surface area contributed by atoms with Gasteiger partial charge in [-0.05, 0) is 130 Å². The Bertz CT molecular complexity index is 2800. The van der Waals surface area contributed by atoms with Gasteiger partial charge in [0.1, 0.15) is 0 Å². The quantitative estimate of drug-likeness (QED) is 0.107. The Kier molecular flexibility index (Phi) is 11.1. The molecule has 306 valence electrons. The molecule has 0 aromatic heterocycles. The Morgan fingerprint density at radius 2 is 0.869 bits per heavy atom. The van der Waals surface area contributed by atoms with Crippen molar-refractivity contribution in [1.82, 2.24) is 0 Å². The van der Waals surface area contributed by atoms with Crippen molar-refractivity contribution in [3.63, 3.8) is 0 Å². The predicted octanol–water partition coefficient (Wildman–Crippen LogP) is 17.7. The molecule has 0 unspecified atom stereocenters. The average Bonchev–Trinajstić information content (AvgIpc) is 3.61. The van der Waals surface area contributed by atoms with Crippen LogP contribution >= 0.6 is 0 Å². The second-order valence-electron chi connectivity index (χ2n) is 18.5. The molecule has 0 heterocycles. The van der Waals surface area contributed by atoms with E-state index in [1.54, 1.807) is 0 Å². The highest BCUT2D eigenvalue weighted by Crippen LogP contribution is 2.61. The van der Waals surface area contributed by atoms with Gasteiger partial charge < -0.3 is 9.80 Å². The SMILES string of the molecule is CCCCc1ccc(N(c2ccc(C(C)C)cc2)c2c3c(c(N(c4ccc(CCCC)cc4)c4ccc(C(C)(C)C)cc4)c4ccccc24)-c2cccc4cccc-3c24)cc1. The van der Waals surface area contributed by atoms with Crippen LogP contribution in [0.4, 0.5) is 34.1 Å². The van der Waals surface area contributed by atoms with Crippen molar-refractivity contribution in [2.75, 3.05) is 9.80 Å². The van der Waals surface area contributed by atoms with Crippen LogP contribution in [-0.4, -0.2) is 0 Å². The highest BCUT2D eigenvalue weighted by atomic mass is 15.2. The number of nitrogens with zero attached hydrogens (tertiary/aromatic N) is 2. The van der Waals surface area contributed by atoms with Crippen LogP contribution in [0.3, 0.4) is 0 Å². The molecule has 1 aliphatic carbocycles. The number of aryl methyl sites for hydroxylation is 2. The fraction of sp³-hybridized carbons (Fsp3) is 0.254. The van der Waals surface area contributed by atoms with E-state index in [9.17, 15) is 0 Å². The largest absolute Gasteiger partial charge is 0.309 e. The van der Waals surface area contributed by atoms with Crippen molar-refractivity contribution in [3.05, 3.63) is 180 Å². The topological polar surface area (TPSA) is 6.48 Å². The van der Waals surface area contributed by atoms with Crippen LogP contribution in [0.15, 0.2) is 158 Å². The molecule has 9 rings (SSSR count). The second-order valence-corrected chi connectivity index (χ2v) is 18.5. The van der Waals surface area contributed by atoms with Crippen LogP contribution in [0, 0.1) is 0 Å². The monoisotopic (exact) mass is 796 g/mol. The average molecular weight is 797 g/mol. The second kappa shape index (κ2) is 16.7. The molecular weight excluding hydrogens is 737 g/mol. The lowest BCUT2D eigenvalue weighted by molar-refractivity contribution is 0.590. The first-order chi connectivity index (χ1) is 29.7. The minimum absolute atomic E-state index is 0.0439. The lowest BCUT2D eigenvalue weighted by atomic mass is 9.87. The fourth-order valence-electron chi connectivity index (χ4n) is 9.47. The molecule has 1 aliphatic rings. The Balaban J connectivity index is 1.39. The predicted molar refractivity (Wildman–Crippen MR) is 265 cm³/mol. The van der Waals surface area contributed by atoms with Crippen molar-refractivity contribution in [2.24, 2.45) is 0 Å². The van der Waals surface area contributed by atoms with Crippen LogP contribution in [0.25, 0.3) is 43.8 Å². The van der Waals surface area contributed by atoms with Gasteiger partial charge in [0.2, 0.25) is 0 Å². The number of rotatable bonds is 13. The normalized spacial score (nSPS) is 12.1. The third kappa shape index (κ3) is 7.52. The summed E-state index contributed by atoms with van der Waals surface area (Å²) in [7, 11) is 0. The number of hydrogen-bond donors (Lipinski definition) is 0. The van der Waals surface area contributed by atoms with Gasteiger partial charge in [0, 0.05) is 44.6 Å². The van der Waals surface area contributed by atoms with Crippen molar-refractivity contribution in [1.29, 1.82) is 0 Å². The molecule has 0 N–H and O–H groups in total. The maximum Gasteiger partial charge on any atom is 0.0626 e. The Morgan fingerprint density at radius 1 is 0.459 bits per heavy atom. The van der Waals surface area contributed by atoms with Crippen molar-refractivity contribution >= 4 is 55.7 Å². The summed E-state index contributed by atoms with van der Waals surface area (Å²) in [4.78, 5) is 5.10. The van der Waals surface area contributed by atoms with Crippen molar-refractivity contribution < 1.29 is 0 Å². The third-order valence-corrected chi connectivity index (χ3v) is 12.9. The van der Waals surface area contributed by atoms with Gasteiger partial charge in [-0.15, -0.1) is 0 Å². The molecule has 0 saturated heterocycles. The molecule has 8 aromatic rings. The van der Waals surface area contributed by atoms with Crippen molar-refractivity contribution in [2.45, 2.75) is 98.3 Å². The van der Waals surface area contributed by atoms with E-state index in [4.69, 9.17) is 0 Å². The molecule has 0 atom stereocenters. The number of anilines is 6. The lowest BCUT2D eigenvalue weighted by Gasteiger charge is -2.34. The van der Waals surface area contributed by atoms with Gasteiger partial charge in [-0.3, -0.25) is 0 Å². The van der Waals surface area contributed by atoms with E-state index in [-0.39, 0.29) is 5.41 Å². The van der Waals surface area contributed by atoms with E-state index >= 15 is 0 Å². The summed E-state index contributed by atoms with van der Waals surface area (Å²) < 4.78 is 0. The summed E-state index contributed by atoms with van der Waals surface area (Å²) in [6.45, 7) is 16.0. The first-order valence-corrected chi connectivity index (χ1v) is 22.8. The van der Waals surface area contributed by atoms with Gasteiger partial charge in [-0.1, -0.05) is 171 Å². The summed E-state index contributed by atoms with van der Waals surface area (Å²) in [5.74, 6) is 0.445. The standard InChI is InChI=1S/C59H60N2/c1-8-10-16-41-24-32-46(33-25-41)60(48-36-28-43(29-37-48)40(3)4)57-50-20-12-13-21-51(50)58(56-53-23-15-19-44-18-14-22-52(54(44)53)55(56)57)61(47-34-26-42(27-35-47)17-11-9-2)49-38-30-45(31-39-49)59(5,6)7/h12-15,18-40H,8-11,16-17H2,1-7H3. The molecule has 0 bridgehead atoms. The number of fused-ring (bicyclic) bond motifs is 4. The molecule has 0 aliphatic heterocycles. The van der Waals surface area contributed by atoms with Crippen LogP contribution in [0.1, 0.15) is 102 Å². The van der Waals surface area contributed by atoms with Crippen LogP contribution in [0.2, 0.25) is 0 Å². The number of hydrogen-bond acceptors (Lipinski definition) is 2. The zero-order valence-corrected chi connectivity index (χ0v) is 37.2. The highest BCUT2D eigenvalue weighted by Gasteiger charge is 2.35. The Labute approximate surface area is 364 Å². The highest BCUT2D eigenvalue weighted by molar-refractivity contribution is 6.28. The third-order valence-electron chi connectivity index (χ3n) is 12.9. The van der Waals surface area contributed by atoms with E-state index in [1.807, 2.05) is 0 Å². The molecule has 0 amide bonds. The smallest absolute Gasteiger partial charge is 0.0626 e. The van der Waals surface area contributed by atoms with Crippen molar-refractivity contribution in [3.8, 4) is 22.3 Å². The van der Waals surface area contributed by atoms with Gasteiger partial charge in [0.25, 0.3) is 0 Å². The van der Waals surface area contributed by atoms with Crippen LogP contribution in [-0.2, 0) is 18.3 Å². The molecule has 0 radical (unpaired) electrons. The molecule has 61 heavy (non-hydrogen) atoms. The molecule has 0 fully saturated rings. The van der Waals surface area contributed by atoms with Gasteiger partial charge >= 0.3 is 0 Å². The lowest BCUT2D eigenvalue weighted by Crippen LogP contribution is -2.16. The number of benzene rings is 8. The number of unbranched alkanes of at least 4 members (excludes halogenated alkanes) is 2. The zero-order chi connectivity index (χ0) is 42.3. The molecule has 0 saturated carbocycles. The van der Waals surface area contributed by atoms with Gasteiger partial charge in [0.05, 0.1) is 11.4 Å². The molecule has 2 heteroatoms. The van der Waals surface area contributed by atoms with E-state index in [2.05, 4.69) is 216 Å². The Morgan fingerprint density at radius 3 is 1.26 bits per heavy atom. The van der Waals surface area contributed by atoms with E-state index in [1.165, 1.54) is 103 Å². The molecular formula is C59H60N2. The minimum Gasteiger partial charge on any atom is -0.309 e. The van der Waals surface area contributed by atoms with Gasteiger partial charge in [0.15, 0.2) is 0 Å². The molecule has 2 nitrogen and oxygen atoms in total. The molecule has 8 aromatic carbocycles. The summed E-state index contributed by atoms with van der Waals surface area (Å²) in [6.07, 6.45) is 6.95. The summed E-state index contributed by atoms with van der Waals surface area (Å²) >= 11 is 0. The first kappa shape index (κ1) is 40.3.